The average Bonchev–Trinajstić information content (AvgIpc) is 1.32. The Balaban J connectivity index is 2.31. The minimum absolute atomic E-state index is 0.572. The highest BCUT2D eigenvalue weighted by Gasteiger charge is 2.26. The van der Waals surface area contributed by atoms with E-state index in [1.165, 1.54) is 0 Å². The van der Waals surface area contributed by atoms with Gasteiger partial charge in [0.2, 0.25) is 0 Å². The van der Waals surface area contributed by atoms with Gasteiger partial charge in [-0.3, -0.25) is 0 Å². The van der Waals surface area contributed by atoms with Crippen molar-refractivity contribution in [1.82, 2.24) is 0 Å². The zero-order valence-corrected chi connectivity index (χ0v) is 7.45. The van der Waals surface area contributed by atoms with Crippen LogP contribution < -0.4 is 0 Å². The van der Waals surface area contributed by atoms with Crippen LogP contribution in [-0.2, 0) is 0 Å². The predicted octanol–water partition coefficient (Wildman–Crippen LogP) is -0.131. The van der Waals surface area contributed by atoms with Crippen molar-refractivity contribution < 1.29 is 0 Å². The van der Waals surface area contributed by atoms with Gasteiger partial charge in [0.15, 0.2) is 0 Å². The summed E-state index contributed by atoms with van der Waals surface area (Å²) in [6, 6.07) is 1.65. The van der Waals surface area contributed by atoms with Crippen molar-refractivity contribution >= 4 is 18.1 Å². The summed E-state index contributed by atoms with van der Waals surface area (Å²) in [5.74, 6) is 0. The van der Waals surface area contributed by atoms with Crippen molar-refractivity contribution in [3.8, 4) is 0 Å². The third-order valence-corrected chi connectivity index (χ3v) is 12.4. The smallest absolute Gasteiger partial charge is 0.0145 e. The van der Waals surface area contributed by atoms with Crippen LogP contribution in [0.1, 0.15) is 13.8 Å². The third-order valence-electron chi connectivity index (χ3n) is 1.71. The normalized spacial score (nSPS) is 37.0. The topological polar surface area (TPSA) is 0 Å². The molecule has 1 aliphatic rings. The van der Waals surface area contributed by atoms with Gasteiger partial charge in [-0.1, -0.05) is 24.9 Å². The Labute approximate surface area is 43.8 Å². The van der Waals surface area contributed by atoms with Gasteiger partial charge in [0.25, 0.3) is 0 Å². The number of rotatable bonds is 0. The van der Waals surface area contributed by atoms with E-state index in [0.29, 0.717) is 18.1 Å². The summed E-state index contributed by atoms with van der Waals surface area (Å²) in [6.07, 6.45) is 0. The molecule has 1 aliphatic heterocycles. The zero-order chi connectivity index (χ0) is 4.62. The first-order valence-electron chi connectivity index (χ1n) is 2.71. The lowest BCUT2D eigenvalue weighted by molar-refractivity contribution is 0.736. The van der Waals surface area contributed by atoms with E-state index in [-0.39, 0.29) is 0 Å². The van der Waals surface area contributed by atoms with E-state index in [2.05, 4.69) is 13.8 Å². The van der Waals surface area contributed by atoms with Crippen LogP contribution >= 0.6 is 0 Å². The Morgan fingerprint density at radius 2 is 1.83 bits per heavy atom. The first-order valence-corrected chi connectivity index (χ1v) is 8.41. The molecule has 0 radical (unpaired) electrons. The molecule has 1 heterocycles. The van der Waals surface area contributed by atoms with Crippen molar-refractivity contribution in [1.29, 1.82) is 0 Å². The minimum Gasteiger partial charge on any atom is -0.0635 e. The lowest BCUT2D eigenvalue weighted by Gasteiger charge is -2.32. The van der Waals surface area contributed by atoms with Crippen LogP contribution in [0.5, 0.6) is 0 Å². The molecule has 1 fully saturated rings. The molecule has 0 unspecified atom stereocenters. The molecule has 2 heteroatoms. The van der Waals surface area contributed by atoms with Gasteiger partial charge in [0.05, 0.1) is 0 Å². The summed E-state index contributed by atoms with van der Waals surface area (Å²) in [4.78, 5) is 0. The molecule has 0 spiro atoms. The number of hydrogen-bond donors (Lipinski definition) is 0. The molecule has 0 amide bonds. The summed E-state index contributed by atoms with van der Waals surface area (Å²) < 4.78 is 0. The molecule has 1 rings (SSSR count). The highest BCUT2D eigenvalue weighted by molar-refractivity contribution is 7.07. The molecule has 6 heavy (non-hydrogen) atoms. The van der Waals surface area contributed by atoms with Crippen LogP contribution in [-0.4, -0.2) is 18.1 Å². The van der Waals surface area contributed by atoms with Crippen LogP contribution in [0.4, 0.5) is 0 Å². The fourth-order valence-corrected chi connectivity index (χ4v) is 7.95. The zero-order valence-electron chi connectivity index (χ0n) is 4.62. The Morgan fingerprint density at radius 3 is 1.83 bits per heavy atom. The molecule has 0 aliphatic carbocycles. The van der Waals surface area contributed by atoms with Crippen molar-refractivity contribution in [2.45, 2.75) is 24.9 Å². The maximum Gasteiger partial charge on any atom is 0.0145 e. The van der Waals surface area contributed by atoms with Gasteiger partial charge in [-0.05, 0) is 0 Å². The first-order chi connectivity index (χ1) is 2.71. The molecule has 0 N–H and O–H groups in total. The van der Waals surface area contributed by atoms with E-state index in [1.54, 1.807) is 6.04 Å². The molecule has 0 nitrogen and oxygen atoms in total. The standard InChI is InChI=1S/C4H12Si2/c1-4(2)3-5-6-4/h3,5-6H2,1-2H3. The maximum atomic E-state index is 2.43. The Bertz CT molecular complexity index is 52.6. The molecular weight excluding hydrogens is 104 g/mol. The largest absolute Gasteiger partial charge is 0.0635 e. The van der Waals surface area contributed by atoms with Crippen molar-refractivity contribution in [3.05, 3.63) is 0 Å². The van der Waals surface area contributed by atoms with Crippen LogP contribution in [0, 0.1) is 0 Å². The fourth-order valence-electron chi connectivity index (χ4n) is 0.884. The minimum atomic E-state index is 0.572. The average molecular weight is 116 g/mol. The van der Waals surface area contributed by atoms with Gasteiger partial charge in [-0.25, -0.2) is 0 Å². The van der Waals surface area contributed by atoms with Crippen molar-refractivity contribution in [3.63, 3.8) is 0 Å². The summed E-state index contributed by atoms with van der Waals surface area (Å²) in [5.41, 5.74) is 0. The molecular formula is C4H12Si2. The molecule has 0 bridgehead atoms. The van der Waals surface area contributed by atoms with Crippen LogP contribution in [0.15, 0.2) is 0 Å². The molecule has 1 saturated heterocycles. The molecule has 36 valence electrons. The van der Waals surface area contributed by atoms with E-state index in [9.17, 15) is 0 Å². The first kappa shape index (κ1) is 4.59. The molecule has 0 saturated carbocycles. The summed E-state index contributed by atoms with van der Waals surface area (Å²) in [5, 5.41) is 0.923. The van der Waals surface area contributed by atoms with E-state index in [4.69, 9.17) is 0 Å². The Kier molecular flexibility index (Phi) is 0.918. The maximum absolute atomic E-state index is 2.43. The van der Waals surface area contributed by atoms with E-state index >= 15 is 0 Å². The van der Waals surface area contributed by atoms with Crippen LogP contribution in [0.2, 0.25) is 11.1 Å². The molecule has 0 aromatic rings. The lowest BCUT2D eigenvalue weighted by Crippen LogP contribution is -2.32. The molecule has 0 atom stereocenters. The number of hydrogen-bond acceptors (Lipinski definition) is 0. The second-order valence-electron chi connectivity index (χ2n) is 3.02. The monoisotopic (exact) mass is 116 g/mol. The second kappa shape index (κ2) is 1.20. The highest BCUT2D eigenvalue weighted by Crippen LogP contribution is 2.34. The van der Waals surface area contributed by atoms with Crippen molar-refractivity contribution in [2.75, 3.05) is 0 Å². The van der Waals surface area contributed by atoms with Gasteiger partial charge < -0.3 is 0 Å². The van der Waals surface area contributed by atoms with Crippen LogP contribution in [0.3, 0.4) is 0 Å². The van der Waals surface area contributed by atoms with E-state index in [1.807, 2.05) is 0 Å². The fraction of sp³-hybridized carbons (Fsp3) is 1.00. The Morgan fingerprint density at radius 1 is 1.50 bits per heavy atom. The van der Waals surface area contributed by atoms with Gasteiger partial charge in [0, 0.05) is 18.1 Å². The van der Waals surface area contributed by atoms with Gasteiger partial charge >= 0.3 is 0 Å². The SMILES string of the molecule is CC1(C)C[SiH2][SiH2]1. The lowest BCUT2D eigenvalue weighted by atomic mass is 10.2. The summed E-state index contributed by atoms with van der Waals surface area (Å²) in [7, 11) is 1.21. The van der Waals surface area contributed by atoms with Gasteiger partial charge in [-0.2, -0.15) is 0 Å². The van der Waals surface area contributed by atoms with Gasteiger partial charge in [0.1, 0.15) is 0 Å². The van der Waals surface area contributed by atoms with E-state index in [0.717, 1.165) is 5.04 Å². The highest BCUT2D eigenvalue weighted by atomic mass is 29.1. The second-order valence-corrected chi connectivity index (χ2v) is 10.3. The third kappa shape index (κ3) is 0.735. The molecule has 0 aromatic carbocycles. The van der Waals surface area contributed by atoms with Gasteiger partial charge in [-0.15, -0.1) is 0 Å². The summed E-state index contributed by atoms with van der Waals surface area (Å²) >= 11 is 0. The van der Waals surface area contributed by atoms with E-state index < -0.39 is 0 Å². The predicted molar refractivity (Wildman–Crippen MR) is 35.9 cm³/mol. The molecule has 0 aromatic heterocycles. The Hall–Kier alpha value is 0.434. The van der Waals surface area contributed by atoms with Crippen LogP contribution in [0.25, 0.3) is 0 Å². The summed E-state index contributed by atoms with van der Waals surface area (Å²) in [6.45, 7) is 4.85. The van der Waals surface area contributed by atoms with Crippen molar-refractivity contribution in [2.24, 2.45) is 0 Å². The quantitative estimate of drug-likeness (QED) is 0.387.